The molecule has 0 aliphatic carbocycles. The molecule has 0 atom stereocenters. The molecule has 0 aliphatic rings. The second-order valence-electron chi connectivity index (χ2n) is 5.37. The van der Waals surface area contributed by atoms with Crippen molar-refractivity contribution in [1.29, 1.82) is 0 Å². The van der Waals surface area contributed by atoms with Crippen LogP contribution < -0.4 is 5.32 Å². The number of hydrogen-bond acceptors (Lipinski definition) is 3. The van der Waals surface area contributed by atoms with Gasteiger partial charge >= 0.3 is 0 Å². The Morgan fingerprint density at radius 2 is 1.72 bits per heavy atom. The zero-order valence-corrected chi connectivity index (χ0v) is 14.3. The van der Waals surface area contributed by atoms with Crippen molar-refractivity contribution in [3.63, 3.8) is 0 Å². The van der Waals surface area contributed by atoms with Crippen LogP contribution in [-0.4, -0.2) is 21.5 Å². The highest BCUT2D eigenvalue weighted by Gasteiger charge is 2.19. The van der Waals surface area contributed by atoms with E-state index < -0.39 is 0 Å². The lowest BCUT2D eigenvalue weighted by Crippen LogP contribution is -2.19. The third kappa shape index (κ3) is 3.61. The van der Waals surface area contributed by atoms with E-state index in [0.29, 0.717) is 34.1 Å². The molecule has 1 aromatic heterocycles. The fourth-order valence-corrected chi connectivity index (χ4v) is 2.64. The number of hydrogen-bond donors (Lipinski definition) is 1. The lowest BCUT2D eigenvalue weighted by Gasteiger charge is -2.10. The minimum Gasteiger partial charge on any atom is -0.307 e. The largest absolute Gasteiger partial charge is 0.307 e. The Labute approximate surface area is 150 Å². The zero-order chi connectivity index (χ0) is 17.8. The molecule has 1 N–H and O–H groups in total. The molecule has 3 aromatic rings. The normalized spacial score (nSPS) is 10.5. The Morgan fingerprint density at radius 1 is 1.04 bits per heavy atom. The van der Waals surface area contributed by atoms with E-state index in [1.54, 1.807) is 65.5 Å². The predicted octanol–water partition coefficient (Wildman–Crippen LogP) is 4.04. The molecule has 0 fully saturated rings. The average Bonchev–Trinajstić information content (AvgIpc) is 3.09. The van der Waals surface area contributed by atoms with Crippen LogP contribution in [0.3, 0.4) is 0 Å². The van der Waals surface area contributed by atoms with Crippen LogP contribution in [0, 0.1) is 0 Å². The molecular formula is C19H16ClN3O2. The van der Waals surface area contributed by atoms with Gasteiger partial charge in [0.05, 0.1) is 11.8 Å². The summed E-state index contributed by atoms with van der Waals surface area (Å²) in [4.78, 5) is 25.4. The van der Waals surface area contributed by atoms with E-state index in [2.05, 4.69) is 10.4 Å². The number of carbonyl (C=O) groups is 2. The summed E-state index contributed by atoms with van der Waals surface area (Å²) in [5, 5.41) is 7.47. The molecule has 2 aromatic carbocycles. The van der Waals surface area contributed by atoms with Gasteiger partial charge in [-0.25, -0.2) is 4.68 Å². The van der Waals surface area contributed by atoms with Crippen LogP contribution in [0.4, 0.5) is 5.82 Å². The molecule has 0 aliphatic heterocycles. The van der Waals surface area contributed by atoms with Crippen molar-refractivity contribution in [3.05, 3.63) is 82.5 Å². The molecule has 0 saturated heterocycles. The van der Waals surface area contributed by atoms with Gasteiger partial charge in [-0.1, -0.05) is 29.8 Å². The van der Waals surface area contributed by atoms with Crippen LogP contribution in [0.1, 0.15) is 33.2 Å². The number of anilines is 1. The summed E-state index contributed by atoms with van der Waals surface area (Å²) in [5.41, 5.74) is 1.12. The summed E-state index contributed by atoms with van der Waals surface area (Å²) in [6, 6.07) is 15.0. The molecule has 5 nitrogen and oxygen atoms in total. The molecular weight excluding hydrogens is 338 g/mol. The van der Waals surface area contributed by atoms with E-state index in [1.165, 1.54) is 0 Å². The highest BCUT2D eigenvalue weighted by Crippen LogP contribution is 2.18. The van der Waals surface area contributed by atoms with Gasteiger partial charge in [0.2, 0.25) is 0 Å². The number of aryl methyl sites for hydroxylation is 1. The van der Waals surface area contributed by atoms with E-state index in [1.807, 2.05) is 6.92 Å². The highest BCUT2D eigenvalue weighted by atomic mass is 35.5. The number of rotatable bonds is 5. The lowest BCUT2D eigenvalue weighted by atomic mass is 9.98. The number of amides is 1. The van der Waals surface area contributed by atoms with E-state index in [4.69, 9.17) is 11.6 Å². The number of benzene rings is 2. The van der Waals surface area contributed by atoms with Crippen LogP contribution in [0.2, 0.25) is 5.02 Å². The molecule has 6 heteroatoms. The van der Waals surface area contributed by atoms with Crippen molar-refractivity contribution in [2.45, 2.75) is 13.5 Å². The zero-order valence-electron chi connectivity index (χ0n) is 13.6. The summed E-state index contributed by atoms with van der Waals surface area (Å²) in [6.45, 7) is 2.56. The van der Waals surface area contributed by atoms with Gasteiger partial charge in [-0.05, 0) is 37.3 Å². The first-order chi connectivity index (χ1) is 12.1. The maximum absolute atomic E-state index is 12.8. The average molecular weight is 354 g/mol. The first-order valence-electron chi connectivity index (χ1n) is 7.82. The minimum atomic E-state index is -0.354. The fraction of sp³-hybridized carbons (Fsp3) is 0.105. The van der Waals surface area contributed by atoms with Crippen LogP contribution in [0.5, 0.6) is 0 Å². The van der Waals surface area contributed by atoms with Crippen LogP contribution >= 0.6 is 11.6 Å². The summed E-state index contributed by atoms with van der Waals surface area (Å²) in [5.74, 6) is 0.000717. The van der Waals surface area contributed by atoms with E-state index in [-0.39, 0.29) is 11.7 Å². The van der Waals surface area contributed by atoms with Crippen LogP contribution in [0.25, 0.3) is 0 Å². The molecule has 0 bridgehead atoms. The quantitative estimate of drug-likeness (QED) is 0.704. The van der Waals surface area contributed by atoms with Crippen LogP contribution in [0.15, 0.2) is 60.8 Å². The first-order valence-corrected chi connectivity index (χ1v) is 8.20. The lowest BCUT2D eigenvalue weighted by molar-refractivity contribution is 0.0995. The molecule has 126 valence electrons. The highest BCUT2D eigenvalue weighted by molar-refractivity contribution is 6.30. The number of nitrogens with zero attached hydrogens (tertiary/aromatic N) is 2. The molecule has 0 spiro atoms. The van der Waals surface area contributed by atoms with Gasteiger partial charge in [-0.2, -0.15) is 5.10 Å². The third-order valence-electron chi connectivity index (χ3n) is 3.78. The molecule has 0 saturated carbocycles. The Kier molecular flexibility index (Phi) is 4.95. The van der Waals surface area contributed by atoms with E-state index >= 15 is 0 Å². The third-order valence-corrected chi connectivity index (χ3v) is 4.03. The Morgan fingerprint density at radius 3 is 2.40 bits per heavy atom. The number of aromatic nitrogens is 2. The Balaban J connectivity index is 1.91. The van der Waals surface area contributed by atoms with Crippen molar-refractivity contribution in [2.75, 3.05) is 5.32 Å². The van der Waals surface area contributed by atoms with Crippen molar-refractivity contribution < 1.29 is 9.59 Å². The number of nitrogens with one attached hydrogen (secondary N) is 1. The van der Waals surface area contributed by atoms with E-state index in [0.717, 1.165) is 0 Å². The second-order valence-corrected chi connectivity index (χ2v) is 5.80. The van der Waals surface area contributed by atoms with Gasteiger partial charge < -0.3 is 5.32 Å². The second kappa shape index (κ2) is 7.32. The predicted molar refractivity (Wildman–Crippen MR) is 97.2 cm³/mol. The summed E-state index contributed by atoms with van der Waals surface area (Å²) in [7, 11) is 0. The van der Waals surface area contributed by atoms with Gasteiger partial charge in [-0.3, -0.25) is 9.59 Å². The monoisotopic (exact) mass is 353 g/mol. The van der Waals surface area contributed by atoms with Gasteiger partial charge in [-0.15, -0.1) is 0 Å². The summed E-state index contributed by atoms with van der Waals surface area (Å²) < 4.78 is 1.67. The minimum absolute atomic E-state index is 0.230. The smallest absolute Gasteiger partial charge is 0.257 e. The van der Waals surface area contributed by atoms with Gasteiger partial charge in [0.15, 0.2) is 5.78 Å². The maximum atomic E-state index is 12.8. The molecule has 1 heterocycles. The topological polar surface area (TPSA) is 64.0 Å². The molecule has 3 rings (SSSR count). The van der Waals surface area contributed by atoms with Crippen molar-refractivity contribution in [1.82, 2.24) is 9.78 Å². The van der Waals surface area contributed by atoms with Gasteiger partial charge in [0.25, 0.3) is 5.91 Å². The van der Waals surface area contributed by atoms with Crippen molar-refractivity contribution >= 4 is 29.1 Å². The molecule has 0 radical (unpaired) electrons. The number of halogens is 1. The summed E-state index contributed by atoms with van der Waals surface area (Å²) in [6.07, 6.45) is 1.61. The van der Waals surface area contributed by atoms with Crippen LogP contribution in [-0.2, 0) is 6.54 Å². The molecule has 25 heavy (non-hydrogen) atoms. The Bertz CT molecular complexity index is 916. The standard InChI is InChI=1S/C19H16ClN3O2/c1-2-23-17(11-12-21-23)22-19(25)16-6-4-3-5-15(16)18(24)13-7-9-14(20)10-8-13/h3-12H,2H2,1H3,(H,22,25). The fourth-order valence-electron chi connectivity index (χ4n) is 2.51. The molecule has 0 unspecified atom stereocenters. The molecule has 1 amide bonds. The first kappa shape index (κ1) is 16.9. The maximum Gasteiger partial charge on any atom is 0.257 e. The van der Waals surface area contributed by atoms with Gasteiger partial charge in [0.1, 0.15) is 5.82 Å². The summed E-state index contributed by atoms with van der Waals surface area (Å²) >= 11 is 5.87. The van der Waals surface area contributed by atoms with Crippen molar-refractivity contribution in [2.24, 2.45) is 0 Å². The van der Waals surface area contributed by atoms with Gasteiger partial charge in [0, 0.05) is 28.8 Å². The van der Waals surface area contributed by atoms with E-state index in [9.17, 15) is 9.59 Å². The Hall–Kier alpha value is -2.92. The number of carbonyl (C=O) groups excluding carboxylic acids is 2. The number of ketones is 1. The van der Waals surface area contributed by atoms with Crippen molar-refractivity contribution in [3.8, 4) is 0 Å². The SMILES string of the molecule is CCn1nccc1NC(=O)c1ccccc1C(=O)c1ccc(Cl)cc1.